The summed E-state index contributed by atoms with van der Waals surface area (Å²) >= 11 is 5.78. The van der Waals surface area contributed by atoms with Crippen LogP contribution in [0.2, 0.25) is 0 Å². The normalized spacial score (nSPS) is 19.1. The van der Waals surface area contributed by atoms with Gasteiger partial charge in [-0.1, -0.05) is 24.3 Å². The zero-order valence-electron chi connectivity index (χ0n) is 25.8. The summed E-state index contributed by atoms with van der Waals surface area (Å²) in [6.45, 7) is 1.12. The lowest BCUT2D eigenvalue weighted by atomic mass is 9.91. The molecular weight excluding hydrogens is 696 g/mol. The predicted molar refractivity (Wildman–Crippen MR) is 168 cm³/mol. The van der Waals surface area contributed by atoms with E-state index < -0.39 is 42.3 Å². The van der Waals surface area contributed by atoms with Crippen molar-refractivity contribution in [3.8, 4) is 5.75 Å². The van der Waals surface area contributed by atoms with Crippen molar-refractivity contribution in [3.63, 3.8) is 0 Å². The number of carbonyl (C=O) groups is 4. The van der Waals surface area contributed by atoms with Crippen molar-refractivity contribution in [1.29, 1.82) is 0 Å². The van der Waals surface area contributed by atoms with E-state index in [9.17, 15) is 41.0 Å². The fourth-order valence-electron chi connectivity index (χ4n) is 4.65. The van der Waals surface area contributed by atoms with Gasteiger partial charge in [0.15, 0.2) is 0 Å². The fourth-order valence-corrected chi connectivity index (χ4v) is 5.24. The van der Waals surface area contributed by atoms with E-state index in [1.54, 1.807) is 11.8 Å². The molecule has 0 spiro atoms. The van der Waals surface area contributed by atoms with Crippen LogP contribution in [0.4, 0.5) is 26.3 Å². The number of likely N-dealkylation sites (tertiary alicyclic amines) is 1. The van der Waals surface area contributed by atoms with Gasteiger partial charge in [0.1, 0.15) is 17.9 Å². The van der Waals surface area contributed by atoms with E-state index in [2.05, 4.69) is 24.0 Å². The molecule has 1 aliphatic heterocycles. The van der Waals surface area contributed by atoms with Gasteiger partial charge in [0.05, 0.1) is 6.04 Å². The van der Waals surface area contributed by atoms with Crippen LogP contribution in [-0.4, -0.2) is 111 Å². The van der Waals surface area contributed by atoms with Gasteiger partial charge in [-0.2, -0.15) is 50.7 Å². The second-order valence-corrected chi connectivity index (χ2v) is 12.0. The average Bonchev–Trinajstić information content (AvgIpc) is 3.41. The van der Waals surface area contributed by atoms with E-state index in [-0.39, 0.29) is 18.1 Å². The first-order valence-electron chi connectivity index (χ1n) is 14.5. The monoisotopic (exact) mass is 735 g/mol. The van der Waals surface area contributed by atoms with Crippen LogP contribution in [0.5, 0.6) is 5.75 Å². The Morgan fingerprint density at radius 3 is 2.19 bits per heavy atom. The average molecular weight is 736 g/mol. The van der Waals surface area contributed by atoms with E-state index in [0.717, 1.165) is 25.0 Å². The van der Waals surface area contributed by atoms with Crippen molar-refractivity contribution < 1.29 is 65.6 Å². The molecule has 1 aromatic carbocycles. The Hall–Kier alpha value is -3.16. The number of halogens is 6. The third-order valence-electron chi connectivity index (χ3n) is 6.96. The number of ether oxygens (including phenoxy) is 1. The third-order valence-corrected chi connectivity index (χ3v) is 8.02. The van der Waals surface area contributed by atoms with Crippen molar-refractivity contribution in [2.24, 2.45) is 5.73 Å². The number of thioether (sulfide) groups is 1. The molecule has 0 bridgehead atoms. The number of nitrogens with one attached hydrogen (secondary N) is 1. The Labute approximate surface area is 282 Å². The lowest BCUT2D eigenvalue weighted by molar-refractivity contribution is -0.193. The fraction of sp³-hybridized carbons (Fsp3) is 0.586. The number of fused-ring (bicyclic) bond motifs is 1. The van der Waals surface area contributed by atoms with Crippen molar-refractivity contribution >= 4 is 48.2 Å². The molecule has 0 unspecified atom stereocenters. The van der Waals surface area contributed by atoms with Gasteiger partial charge >= 0.3 is 30.3 Å². The standard InChI is InChI=1S/C25H37N3O4S2.2C2HF3O2/c1-34-13-11-21(25(30)31)27-24(29)22-14-19(15-28(22)12-5-8-18(26)16-33)32-23-10-4-7-17-6-2-3-9-20(17)23;2*3-2(4,5)1(6)7/h4-5,7-8,10,18-19,21-22,33H,2-3,6,9,11-16,26H2,1H3,(H,27,29)(H,30,31);2*(H,6,7)/b8-5+;;/t18-,19+,21+,22+;;/m1../s1. The Bertz CT molecular complexity index is 1230. The first-order chi connectivity index (χ1) is 22.3. The van der Waals surface area contributed by atoms with Gasteiger partial charge in [0.25, 0.3) is 0 Å². The summed E-state index contributed by atoms with van der Waals surface area (Å²) in [6.07, 6.45) is 0.826. The number of hydrogen-bond acceptors (Lipinski definition) is 9. The molecule has 1 aromatic rings. The van der Waals surface area contributed by atoms with Crippen LogP contribution in [0.1, 0.15) is 36.8 Å². The lowest BCUT2D eigenvalue weighted by Gasteiger charge is -2.24. The molecule has 0 aromatic heterocycles. The highest BCUT2D eigenvalue weighted by Gasteiger charge is 2.40. The number of amides is 1. The van der Waals surface area contributed by atoms with Crippen LogP contribution in [0.3, 0.4) is 0 Å². The molecule has 0 saturated carbocycles. The molecule has 3 rings (SSSR count). The van der Waals surface area contributed by atoms with Gasteiger partial charge in [0, 0.05) is 31.3 Å². The van der Waals surface area contributed by atoms with E-state index in [1.807, 2.05) is 35.4 Å². The molecule has 1 heterocycles. The van der Waals surface area contributed by atoms with Crippen LogP contribution in [0.25, 0.3) is 0 Å². The van der Waals surface area contributed by atoms with Crippen LogP contribution < -0.4 is 15.8 Å². The van der Waals surface area contributed by atoms with Crippen molar-refractivity contribution in [2.45, 2.75) is 75.1 Å². The number of alkyl halides is 6. The van der Waals surface area contributed by atoms with Gasteiger partial charge in [-0.3, -0.25) is 9.69 Å². The zero-order valence-corrected chi connectivity index (χ0v) is 27.5. The third kappa shape index (κ3) is 15.4. The summed E-state index contributed by atoms with van der Waals surface area (Å²) in [5.74, 6) is -4.65. The van der Waals surface area contributed by atoms with Crippen LogP contribution in [-0.2, 0) is 32.0 Å². The number of benzene rings is 1. The Morgan fingerprint density at radius 1 is 1.08 bits per heavy atom. The quantitative estimate of drug-likeness (QED) is 0.105. The lowest BCUT2D eigenvalue weighted by Crippen LogP contribution is -2.49. The van der Waals surface area contributed by atoms with Gasteiger partial charge in [-0.15, -0.1) is 0 Å². The first-order valence-corrected chi connectivity index (χ1v) is 16.5. The summed E-state index contributed by atoms with van der Waals surface area (Å²) in [5.41, 5.74) is 8.58. The van der Waals surface area contributed by atoms with Gasteiger partial charge in [0.2, 0.25) is 5.91 Å². The largest absolute Gasteiger partial charge is 0.490 e. The molecule has 11 nitrogen and oxygen atoms in total. The van der Waals surface area contributed by atoms with Gasteiger partial charge in [-0.25, -0.2) is 14.4 Å². The smallest absolute Gasteiger partial charge is 0.489 e. The molecule has 1 aliphatic carbocycles. The molecule has 272 valence electrons. The highest BCUT2D eigenvalue weighted by Crippen LogP contribution is 2.32. The maximum atomic E-state index is 13.2. The number of rotatable bonds is 12. The van der Waals surface area contributed by atoms with E-state index in [0.29, 0.717) is 37.4 Å². The number of aryl methyl sites for hydroxylation is 1. The number of aliphatic carboxylic acids is 3. The SMILES string of the molecule is CSCC[C@H](NC(=O)[C@@H]1C[C@H](Oc2cccc3c2CCCC3)CN1C/C=C/[C@@H](N)CS)C(=O)O.O=C(O)C(F)(F)F.O=C(O)C(F)(F)F. The predicted octanol–water partition coefficient (Wildman–Crippen LogP) is 3.79. The number of thiol groups is 1. The first kappa shape index (κ1) is 42.9. The number of nitrogens with two attached hydrogens (primary N) is 1. The summed E-state index contributed by atoms with van der Waals surface area (Å²) < 4.78 is 69.9. The molecule has 1 amide bonds. The summed E-state index contributed by atoms with van der Waals surface area (Å²) in [6, 6.07) is 4.74. The number of nitrogens with zero attached hydrogens (tertiary/aromatic N) is 1. The van der Waals surface area contributed by atoms with Crippen LogP contribution in [0.15, 0.2) is 30.4 Å². The Balaban J connectivity index is 0.000000687. The molecular formula is C29H39F6N3O8S2. The molecule has 6 N–H and O–H groups in total. The van der Waals surface area contributed by atoms with Crippen LogP contribution in [0, 0.1) is 0 Å². The number of carbonyl (C=O) groups excluding carboxylic acids is 1. The van der Waals surface area contributed by atoms with Gasteiger partial charge in [-0.05, 0) is 61.3 Å². The Morgan fingerprint density at radius 2 is 1.67 bits per heavy atom. The van der Waals surface area contributed by atoms with Crippen molar-refractivity contribution in [1.82, 2.24) is 10.2 Å². The molecule has 1 saturated heterocycles. The summed E-state index contributed by atoms with van der Waals surface area (Å²) in [7, 11) is 0. The molecule has 0 radical (unpaired) electrons. The molecule has 4 atom stereocenters. The van der Waals surface area contributed by atoms with E-state index in [1.165, 1.54) is 17.5 Å². The Kier molecular flexibility index (Phi) is 18.2. The van der Waals surface area contributed by atoms with Gasteiger partial charge < -0.3 is 31.1 Å². The summed E-state index contributed by atoms with van der Waals surface area (Å²) in [5, 5.41) is 26.6. The minimum absolute atomic E-state index is 0.148. The second kappa shape index (κ2) is 20.4. The highest BCUT2D eigenvalue weighted by atomic mass is 32.2. The van der Waals surface area contributed by atoms with Crippen molar-refractivity contribution in [3.05, 3.63) is 41.5 Å². The number of hydrogen-bond donors (Lipinski definition) is 6. The van der Waals surface area contributed by atoms with E-state index in [4.69, 9.17) is 30.3 Å². The maximum absolute atomic E-state index is 13.2. The summed E-state index contributed by atoms with van der Waals surface area (Å²) in [4.78, 5) is 44.7. The number of carboxylic acids is 3. The van der Waals surface area contributed by atoms with Crippen molar-refractivity contribution in [2.75, 3.05) is 30.9 Å². The molecule has 2 aliphatic rings. The zero-order chi connectivity index (χ0) is 36.7. The highest BCUT2D eigenvalue weighted by molar-refractivity contribution is 7.98. The molecule has 48 heavy (non-hydrogen) atoms. The molecule has 19 heteroatoms. The topological polar surface area (TPSA) is 179 Å². The van der Waals surface area contributed by atoms with Crippen LogP contribution >= 0.6 is 24.4 Å². The minimum atomic E-state index is -5.08. The minimum Gasteiger partial charge on any atom is -0.489 e. The number of carboxylic acid groups (broad SMARTS) is 3. The van der Waals surface area contributed by atoms with E-state index >= 15 is 0 Å². The molecule has 1 fully saturated rings. The second-order valence-electron chi connectivity index (χ2n) is 10.6. The maximum Gasteiger partial charge on any atom is 0.490 e.